The van der Waals surface area contributed by atoms with Gasteiger partial charge in [0.15, 0.2) is 5.75 Å². The third-order valence-corrected chi connectivity index (χ3v) is 3.40. The molecule has 0 unspecified atom stereocenters. The molecule has 0 aliphatic heterocycles. The van der Waals surface area contributed by atoms with Gasteiger partial charge in [0.2, 0.25) is 11.8 Å². The molecule has 0 spiro atoms. The molecule has 2 rings (SSSR count). The lowest BCUT2D eigenvalue weighted by atomic mass is 10.3. The van der Waals surface area contributed by atoms with Crippen LogP contribution >= 0.6 is 15.9 Å². The van der Waals surface area contributed by atoms with Crippen molar-refractivity contribution in [3.8, 4) is 11.6 Å². The van der Waals surface area contributed by atoms with E-state index in [1.807, 2.05) is 6.92 Å². The highest BCUT2D eigenvalue weighted by molar-refractivity contribution is 9.10. The lowest BCUT2D eigenvalue weighted by Crippen LogP contribution is -2.04. The summed E-state index contributed by atoms with van der Waals surface area (Å²) in [4.78, 5) is 18.8. The Morgan fingerprint density at radius 2 is 2.24 bits per heavy atom. The van der Waals surface area contributed by atoms with Crippen LogP contribution in [0.1, 0.15) is 12.5 Å². The highest BCUT2D eigenvalue weighted by Crippen LogP contribution is 2.36. The number of nitro benzene ring substituents is 1. The molecule has 0 atom stereocenters. The first-order valence-corrected chi connectivity index (χ1v) is 7.00. The van der Waals surface area contributed by atoms with Crippen molar-refractivity contribution >= 4 is 27.6 Å². The highest BCUT2D eigenvalue weighted by atomic mass is 79.9. The first kappa shape index (κ1) is 15.2. The number of hydrogen-bond acceptors (Lipinski definition) is 6. The summed E-state index contributed by atoms with van der Waals surface area (Å²) in [5.41, 5.74) is 0.668. The number of nitrogens with zero attached hydrogens (tertiary/aromatic N) is 3. The fraction of sp³-hybridized carbons (Fsp3) is 0.231. The first-order valence-electron chi connectivity index (χ1n) is 6.21. The predicted molar refractivity (Wildman–Crippen MR) is 81.8 cm³/mol. The molecule has 110 valence electrons. The van der Waals surface area contributed by atoms with Gasteiger partial charge in [-0.3, -0.25) is 10.1 Å². The predicted octanol–water partition coefficient (Wildman–Crippen LogP) is 3.68. The van der Waals surface area contributed by atoms with E-state index in [0.717, 1.165) is 5.56 Å². The van der Waals surface area contributed by atoms with Crippen molar-refractivity contribution in [1.29, 1.82) is 0 Å². The molecule has 8 heteroatoms. The second-order valence-corrected chi connectivity index (χ2v) is 4.95. The Morgan fingerprint density at radius 3 is 2.90 bits per heavy atom. The van der Waals surface area contributed by atoms with E-state index in [1.54, 1.807) is 25.3 Å². The summed E-state index contributed by atoms with van der Waals surface area (Å²) in [7, 11) is 0. The van der Waals surface area contributed by atoms with Crippen molar-refractivity contribution in [2.75, 3.05) is 11.9 Å². The average molecular weight is 353 g/mol. The quantitative estimate of drug-likeness (QED) is 0.651. The number of hydrogen-bond donors (Lipinski definition) is 1. The minimum atomic E-state index is -0.478. The molecule has 0 amide bonds. The molecule has 0 fully saturated rings. The van der Waals surface area contributed by atoms with Crippen molar-refractivity contribution in [3.05, 3.63) is 44.5 Å². The largest absolute Gasteiger partial charge is 0.437 e. The van der Waals surface area contributed by atoms with Crippen LogP contribution in [-0.4, -0.2) is 21.4 Å². The number of nitrogens with one attached hydrogen (secondary N) is 1. The van der Waals surface area contributed by atoms with Crippen molar-refractivity contribution < 1.29 is 9.66 Å². The zero-order valence-corrected chi connectivity index (χ0v) is 13.0. The second kappa shape index (κ2) is 6.49. The van der Waals surface area contributed by atoms with Crippen LogP contribution in [0.2, 0.25) is 0 Å². The lowest BCUT2D eigenvalue weighted by Gasteiger charge is -2.10. The van der Waals surface area contributed by atoms with Crippen LogP contribution in [0.4, 0.5) is 11.6 Å². The SMILES string of the molecule is CCNc1ncc(C)c(Oc2cccc([N+](=O)[O-])c2Br)n1. The topological polar surface area (TPSA) is 90.2 Å². The molecule has 0 aliphatic rings. The molecule has 0 saturated carbocycles. The van der Waals surface area contributed by atoms with Gasteiger partial charge in [-0.15, -0.1) is 0 Å². The summed E-state index contributed by atoms with van der Waals surface area (Å²) in [6, 6.07) is 4.58. The van der Waals surface area contributed by atoms with Gasteiger partial charge < -0.3 is 10.1 Å². The molecule has 1 aromatic heterocycles. The van der Waals surface area contributed by atoms with Crippen LogP contribution in [0, 0.1) is 17.0 Å². The molecule has 0 bridgehead atoms. The second-order valence-electron chi connectivity index (χ2n) is 4.16. The molecular formula is C13H13BrN4O3. The van der Waals surface area contributed by atoms with Crippen LogP contribution in [0.3, 0.4) is 0 Å². The minimum absolute atomic E-state index is 0.0638. The average Bonchev–Trinajstić information content (AvgIpc) is 2.44. The number of rotatable bonds is 5. The smallest absolute Gasteiger partial charge is 0.287 e. The van der Waals surface area contributed by atoms with Gasteiger partial charge in [-0.05, 0) is 35.8 Å². The van der Waals surface area contributed by atoms with E-state index in [9.17, 15) is 10.1 Å². The summed E-state index contributed by atoms with van der Waals surface area (Å²) in [5.74, 6) is 1.12. The number of benzene rings is 1. The highest BCUT2D eigenvalue weighted by Gasteiger charge is 2.17. The third kappa shape index (κ3) is 3.46. The van der Waals surface area contributed by atoms with Crippen LogP contribution in [-0.2, 0) is 0 Å². The Labute approximate surface area is 129 Å². The molecular weight excluding hydrogens is 340 g/mol. The van der Waals surface area contributed by atoms with Gasteiger partial charge in [0, 0.05) is 24.4 Å². The Balaban J connectivity index is 2.36. The minimum Gasteiger partial charge on any atom is -0.437 e. The Morgan fingerprint density at radius 1 is 1.48 bits per heavy atom. The van der Waals surface area contributed by atoms with Crippen LogP contribution in [0.25, 0.3) is 0 Å². The molecule has 1 N–H and O–H groups in total. The van der Waals surface area contributed by atoms with E-state index in [0.29, 0.717) is 24.1 Å². The molecule has 0 saturated heterocycles. The molecule has 0 radical (unpaired) electrons. The molecule has 21 heavy (non-hydrogen) atoms. The van der Waals surface area contributed by atoms with Crippen molar-refractivity contribution in [2.45, 2.75) is 13.8 Å². The normalized spacial score (nSPS) is 10.2. The lowest BCUT2D eigenvalue weighted by molar-refractivity contribution is -0.385. The van der Waals surface area contributed by atoms with Gasteiger partial charge in [-0.1, -0.05) is 6.07 Å². The van der Waals surface area contributed by atoms with Gasteiger partial charge in [-0.2, -0.15) is 4.98 Å². The van der Waals surface area contributed by atoms with Gasteiger partial charge in [0.1, 0.15) is 4.47 Å². The summed E-state index contributed by atoms with van der Waals surface area (Å²) < 4.78 is 5.95. The maximum atomic E-state index is 10.9. The molecule has 2 aromatic rings. The maximum Gasteiger partial charge on any atom is 0.287 e. The molecule has 7 nitrogen and oxygen atoms in total. The fourth-order valence-electron chi connectivity index (χ4n) is 1.60. The summed E-state index contributed by atoms with van der Waals surface area (Å²) in [6.07, 6.45) is 1.63. The summed E-state index contributed by atoms with van der Waals surface area (Å²) >= 11 is 3.19. The van der Waals surface area contributed by atoms with Crippen LogP contribution in [0.15, 0.2) is 28.9 Å². The van der Waals surface area contributed by atoms with E-state index in [2.05, 4.69) is 31.2 Å². The standard InChI is InChI=1S/C13H13BrN4O3/c1-3-15-13-16-7-8(2)12(17-13)21-10-6-4-5-9(11(10)14)18(19)20/h4-7H,3H2,1-2H3,(H,15,16,17). The third-order valence-electron chi connectivity index (χ3n) is 2.61. The zero-order chi connectivity index (χ0) is 15.4. The van der Waals surface area contributed by atoms with E-state index in [4.69, 9.17) is 4.74 Å². The molecule has 0 aliphatic carbocycles. The Kier molecular flexibility index (Phi) is 4.69. The van der Waals surface area contributed by atoms with E-state index < -0.39 is 4.92 Å². The number of aromatic nitrogens is 2. The van der Waals surface area contributed by atoms with Crippen molar-refractivity contribution in [2.24, 2.45) is 0 Å². The molecule has 1 aromatic carbocycles. The van der Waals surface area contributed by atoms with Gasteiger partial charge in [0.25, 0.3) is 5.69 Å². The number of halogens is 1. The zero-order valence-electron chi connectivity index (χ0n) is 11.5. The van der Waals surface area contributed by atoms with Crippen LogP contribution in [0.5, 0.6) is 11.6 Å². The maximum absolute atomic E-state index is 10.9. The van der Waals surface area contributed by atoms with Crippen LogP contribution < -0.4 is 10.1 Å². The van der Waals surface area contributed by atoms with Crippen molar-refractivity contribution in [1.82, 2.24) is 9.97 Å². The first-order chi connectivity index (χ1) is 10.0. The van der Waals surface area contributed by atoms with Gasteiger partial charge >= 0.3 is 0 Å². The van der Waals surface area contributed by atoms with Crippen molar-refractivity contribution in [3.63, 3.8) is 0 Å². The number of nitro groups is 1. The number of aryl methyl sites for hydroxylation is 1. The van der Waals surface area contributed by atoms with Gasteiger partial charge in [-0.25, -0.2) is 4.98 Å². The van der Waals surface area contributed by atoms with E-state index >= 15 is 0 Å². The van der Waals surface area contributed by atoms with E-state index in [-0.39, 0.29) is 10.2 Å². The Hall–Kier alpha value is -2.22. The monoisotopic (exact) mass is 352 g/mol. The van der Waals surface area contributed by atoms with Gasteiger partial charge in [0.05, 0.1) is 4.92 Å². The number of ether oxygens (including phenoxy) is 1. The number of anilines is 1. The Bertz CT molecular complexity index is 678. The summed E-state index contributed by atoms with van der Waals surface area (Å²) in [6.45, 7) is 4.42. The summed E-state index contributed by atoms with van der Waals surface area (Å²) in [5, 5.41) is 13.9. The van der Waals surface area contributed by atoms with E-state index in [1.165, 1.54) is 6.07 Å². The molecule has 1 heterocycles. The fourth-order valence-corrected chi connectivity index (χ4v) is 2.09.